The van der Waals surface area contributed by atoms with Crippen molar-refractivity contribution in [2.45, 2.75) is 58.1 Å². The average Bonchev–Trinajstić information content (AvgIpc) is 2.86. The molecule has 0 bridgehead atoms. The molecule has 1 saturated heterocycles. The van der Waals surface area contributed by atoms with Crippen LogP contribution in [0.25, 0.3) is 0 Å². The molecule has 1 amide bonds. The zero-order valence-corrected chi connectivity index (χ0v) is 12.2. The van der Waals surface area contributed by atoms with Gasteiger partial charge in [0.2, 0.25) is 5.82 Å². The second kappa shape index (κ2) is 4.59. The summed E-state index contributed by atoms with van der Waals surface area (Å²) in [5.74, 6) is 0.635. The van der Waals surface area contributed by atoms with Crippen LogP contribution < -0.4 is 5.32 Å². The summed E-state index contributed by atoms with van der Waals surface area (Å²) < 4.78 is 5.50. The van der Waals surface area contributed by atoms with Crippen molar-refractivity contribution in [2.24, 2.45) is 0 Å². The third kappa shape index (κ3) is 2.78. The Kier molecular flexibility index (Phi) is 3.38. The van der Waals surface area contributed by atoms with E-state index in [2.05, 4.69) is 20.5 Å². The number of carbonyl (C=O) groups is 1. The molecule has 2 unspecified atom stereocenters. The minimum absolute atomic E-state index is 0.00233. The van der Waals surface area contributed by atoms with Crippen molar-refractivity contribution in [3.8, 4) is 0 Å². The van der Waals surface area contributed by atoms with Gasteiger partial charge in [-0.2, -0.15) is 0 Å². The van der Waals surface area contributed by atoms with Crippen LogP contribution in [0.3, 0.4) is 0 Å². The number of amides is 1. The average molecular weight is 266 g/mol. The molecular formula is C13H22N4O2. The second-order valence-corrected chi connectivity index (χ2v) is 6.39. The first-order chi connectivity index (χ1) is 8.72. The topological polar surface area (TPSA) is 79.9 Å². The predicted molar refractivity (Wildman–Crippen MR) is 71.0 cm³/mol. The highest BCUT2D eigenvalue weighted by atomic mass is 16.5. The highest BCUT2D eigenvalue weighted by Crippen LogP contribution is 2.25. The van der Waals surface area contributed by atoms with E-state index in [1.807, 2.05) is 34.6 Å². The summed E-state index contributed by atoms with van der Waals surface area (Å²) >= 11 is 0. The Labute approximate surface area is 113 Å². The van der Waals surface area contributed by atoms with Crippen LogP contribution in [-0.2, 0) is 10.2 Å². The molecule has 1 aliphatic rings. The lowest BCUT2D eigenvalue weighted by molar-refractivity contribution is 0.0720. The minimum Gasteiger partial charge on any atom is -0.376 e. The van der Waals surface area contributed by atoms with E-state index in [1.165, 1.54) is 0 Å². The maximum atomic E-state index is 12.2. The van der Waals surface area contributed by atoms with Gasteiger partial charge < -0.3 is 10.1 Å². The van der Waals surface area contributed by atoms with Crippen molar-refractivity contribution in [3.05, 3.63) is 11.6 Å². The smallest absolute Gasteiger partial charge is 0.291 e. The molecular weight excluding hydrogens is 244 g/mol. The van der Waals surface area contributed by atoms with E-state index in [4.69, 9.17) is 4.74 Å². The van der Waals surface area contributed by atoms with Crippen molar-refractivity contribution in [1.29, 1.82) is 0 Å². The van der Waals surface area contributed by atoms with Crippen molar-refractivity contribution in [2.75, 3.05) is 6.61 Å². The van der Waals surface area contributed by atoms with Gasteiger partial charge in [0.25, 0.3) is 5.91 Å². The molecule has 2 heterocycles. The van der Waals surface area contributed by atoms with Crippen LogP contribution in [0.4, 0.5) is 0 Å². The summed E-state index contributed by atoms with van der Waals surface area (Å²) in [5, 5.41) is 9.79. The Morgan fingerprint density at radius 1 is 1.53 bits per heavy atom. The van der Waals surface area contributed by atoms with Crippen LogP contribution in [0.15, 0.2) is 0 Å². The van der Waals surface area contributed by atoms with Crippen molar-refractivity contribution in [1.82, 2.24) is 20.5 Å². The van der Waals surface area contributed by atoms with E-state index in [9.17, 15) is 4.79 Å². The fourth-order valence-corrected chi connectivity index (χ4v) is 2.01. The van der Waals surface area contributed by atoms with Gasteiger partial charge >= 0.3 is 0 Å². The van der Waals surface area contributed by atoms with Gasteiger partial charge in [0, 0.05) is 12.0 Å². The third-order valence-electron chi connectivity index (χ3n) is 3.68. The quantitative estimate of drug-likeness (QED) is 0.848. The first-order valence-electron chi connectivity index (χ1n) is 6.59. The van der Waals surface area contributed by atoms with Gasteiger partial charge in [-0.3, -0.25) is 9.89 Å². The van der Waals surface area contributed by atoms with Crippen LogP contribution in [-0.4, -0.2) is 39.3 Å². The summed E-state index contributed by atoms with van der Waals surface area (Å²) in [6.45, 7) is 10.7. The summed E-state index contributed by atoms with van der Waals surface area (Å²) in [7, 11) is 0. The first-order valence-corrected chi connectivity index (χ1v) is 6.59. The lowest BCUT2D eigenvalue weighted by atomic mass is 9.94. The zero-order valence-electron chi connectivity index (χ0n) is 12.2. The summed E-state index contributed by atoms with van der Waals surface area (Å²) in [4.78, 5) is 16.4. The monoisotopic (exact) mass is 266 g/mol. The number of rotatable bonds is 2. The lowest BCUT2D eigenvalue weighted by Gasteiger charge is -2.28. The van der Waals surface area contributed by atoms with Crippen molar-refractivity contribution < 1.29 is 9.53 Å². The molecule has 106 valence electrons. The largest absolute Gasteiger partial charge is 0.376 e. The molecule has 0 saturated carbocycles. The van der Waals surface area contributed by atoms with E-state index in [0.29, 0.717) is 12.4 Å². The number of aromatic amines is 1. The Morgan fingerprint density at radius 3 is 2.68 bits per heavy atom. The lowest BCUT2D eigenvalue weighted by Crippen LogP contribution is -2.50. The minimum atomic E-state index is -0.348. The van der Waals surface area contributed by atoms with Gasteiger partial charge in [0.1, 0.15) is 5.82 Å². The number of aromatic nitrogens is 3. The number of ether oxygens (including phenoxy) is 1. The maximum Gasteiger partial charge on any atom is 0.291 e. The molecule has 2 atom stereocenters. The molecule has 0 aromatic carbocycles. The van der Waals surface area contributed by atoms with Crippen LogP contribution in [0.1, 0.15) is 57.5 Å². The van der Waals surface area contributed by atoms with E-state index < -0.39 is 0 Å². The molecule has 0 radical (unpaired) electrons. The Bertz CT molecular complexity index is 477. The Morgan fingerprint density at radius 2 is 2.21 bits per heavy atom. The van der Waals surface area contributed by atoms with Crippen molar-refractivity contribution in [3.63, 3.8) is 0 Å². The normalized spacial score (nSPS) is 27.5. The molecule has 1 aliphatic heterocycles. The van der Waals surface area contributed by atoms with Gasteiger partial charge in [-0.15, -0.1) is 5.10 Å². The standard InChI is InChI=1S/C13H22N4O2/c1-8-13(5,6-7-19-8)15-10(18)9-14-11(17-16-9)12(2,3)4/h8H,6-7H2,1-5H3,(H,15,18)(H,14,16,17). The molecule has 2 N–H and O–H groups in total. The molecule has 0 spiro atoms. The number of nitrogens with one attached hydrogen (secondary N) is 2. The molecule has 1 aromatic rings. The van der Waals surface area contributed by atoms with Crippen LogP contribution in [0.5, 0.6) is 0 Å². The fourth-order valence-electron chi connectivity index (χ4n) is 2.01. The third-order valence-corrected chi connectivity index (χ3v) is 3.68. The summed E-state index contributed by atoms with van der Waals surface area (Å²) in [5.41, 5.74) is -0.501. The highest BCUT2D eigenvalue weighted by molar-refractivity contribution is 5.91. The number of hydrogen-bond acceptors (Lipinski definition) is 4. The fraction of sp³-hybridized carbons (Fsp3) is 0.769. The van der Waals surface area contributed by atoms with Crippen LogP contribution in [0, 0.1) is 0 Å². The van der Waals surface area contributed by atoms with Crippen LogP contribution >= 0.6 is 0 Å². The van der Waals surface area contributed by atoms with Crippen molar-refractivity contribution >= 4 is 5.91 Å². The van der Waals surface area contributed by atoms with Gasteiger partial charge in [0.15, 0.2) is 0 Å². The van der Waals surface area contributed by atoms with E-state index >= 15 is 0 Å². The number of hydrogen-bond donors (Lipinski definition) is 2. The van der Waals surface area contributed by atoms with Gasteiger partial charge in [0.05, 0.1) is 11.6 Å². The Hall–Kier alpha value is -1.43. The van der Waals surface area contributed by atoms with E-state index in [-0.39, 0.29) is 28.8 Å². The molecule has 2 rings (SSSR count). The first kappa shape index (κ1) is 14.0. The molecule has 6 nitrogen and oxygen atoms in total. The molecule has 0 aliphatic carbocycles. The molecule has 1 fully saturated rings. The zero-order chi connectivity index (χ0) is 14.3. The Balaban J connectivity index is 2.10. The van der Waals surface area contributed by atoms with Crippen LogP contribution in [0.2, 0.25) is 0 Å². The maximum absolute atomic E-state index is 12.2. The van der Waals surface area contributed by atoms with E-state index in [0.717, 1.165) is 6.42 Å². The summed E-state index contributed by atoms with van der Waals surface area (Å²) in [6.07, 6.45) is 0.800. The van der Waals surface area contributed by atoms with E-state index in [1.54, 1.807) is 0 Å². The number of H-pyrrole nitrogens is 1. The van der Waals surface area contributed by atoms with Gasteiger partial charge in [-0.1, -0.05) is 20.8 Å². The predicted octanol–water partition coefficient (Wildman–Crippen LogP) is 1.40. The molecule has 19 heavy (non-hydrogen) atoms. The van der Waals surface area contributed by atoms with Gasteiger partial charge in [-0.05, 0) is 20.3 Å². The number of nitrogens with zero attached hydrogens (tertiary/aromatic N) is 2. The van der Waals surface area contributed by atoms with Gasteiger partial charge in [-0.25, -0.2) is 4.98 Å². The highest BCUT2D eigenvalue weighted by Gasteiger charge is 2.39. The second-order valence-electron chi connectivity index (χ2n) is 6.39. The number of carbonyl (C=O) groups excluding carboxylic acids is 1. The molecule has 6 heteroatoms. The molecule has 1 aromatic heterocycles. The summed E-state index contributed by atoms with van der Waals surface area (Å²) in [6, 6.07) is 0. The SMILES string of the molecule is CC1OCCC1(C)NC(=O)c1n[nH]c(C(C)(C)C)n1.